The van der Waals surface area contributed by atoms with Crippen LogP contribution in [0.25, 0.3) is 0 Å². The van der Waals surface area contributed by atoms with Gasteiger partial charge in [-0.15, -0.1) is 0 Å². The molecular weight excluding hydrogens is 348 g/mol. The molecule has 152 valence electrons. The minimum absolute atomic E-state index is 0.0360. The number of hydrogen-bond acceptors (Lipinski definition) is 3. The van der Waals surface area contributed by atoms with E-state index in [1.807, 2.05) is 19.9 Å². The fourth-order valence-electron chi connectivity index (χ4n) is 6.29. The Morgan fingerprint density at radius 1 is 1.21 bits per heavy atom. The van der Waals surface area contributed by atoms with Crippen LogP contribution in [-0.4, -0.2) is 29.2 Å². The molecule has 0 amide bonds. The van der Waals surface area contributed by atoms with Crippen LogP contribution < -0.4 is 0 Å². The first-order chi connectivity index (χ1) is 13.0. The summed E-state index contributed by atoms with van der Waals surface area (Å²) in [7, 11) is 0. The Morgan fingerprint density at radius 3 is 2.64 bits per heavy atom. The molecule has 1 saturated heterocycles. The van der Waals surface area contributed by atoms with E-state index in [4.69, 9.17) is 4.74 Å². The number of aliphatic hydroxyl groups is 1. The van der Waals surface area contributed by atoms with Crippen molar-refractivity contribution in [3.05, 3.63) is 46.6 Å². The number of carbonyl (C=O) groups is 1. The van der Waals surface area contributed by atoms with E-state index in [0.29, 0.717) is 6.42 Å². The lowest BCUT2D eigenvalue weighted by molar-refractivity contribution is -0.112. The number of hydrogen-bond donors (Lipinski definition) is 1. The molecule has 4 rings (SSSR count). The van der Waals surface area contributed by atoms with Crippen LogP contribution in [0, 0.1) is 16.7 Å². The maximum atomic E-state index is 12.9. The van der Waals surface area contributed by atoms with E-state index in [-0.39, 0.29) is 34.7 Å². The van der Waals surface area contributed by atoms with Gasteiger partial charge in [0.05, 0.1) is 18.3 Å². The van der Waals surface area contributed by atoms with E-state index in [9.17, 15) is 9.90 Å². The molecule has 3 heteroatoms. The highest BCUT2D eigenvalue weighted by Gasteiger charge is 2.51. The first-order valence-electron chi connectivity index (χ1n) is 10.7. The van der Waals surface area contributed by atoms with Crippen LogP contribution in [0.2, 0.25) is 0 Å². The molecule has 2 fully saturated rings. The number of ether oxygens (including phenoxy) is 1. The van der Waals surface area contributed by atoms with Crippen molar-refractivity contribution in [2.24, 2.45) is 16.7 Å². The Morgan fingerprint density at radius 2 is 1.93 bits per heavy atom. The van der Waals surface area contributed by atoms with Crippen LogP contribution in [0.15, 0.2) is 46.6 Å². The molecule has 0 radical (unpaired) electrons. The lowest BCUT2D eigenvalue weighted by atomic mass is 9.54. The number of allylic oxidation sites excluding steroid dienone is 3. The van der Waals surface area contributed by atoms with Gasteiger partial charge in [0.15, 0.2) is 5.78 Å². The molecule has 0 aromatic heterocycles. The van der Waals surface area contributed by atoms with Crippen LogP contribution in [0.3, 0.4) is 0 Å². The monoisotopic (exact) mass is 382 g/mol. The Kier molecular flexibility index (Phi) is 4.63. The van der Waals surface area contributed by atoms with Gasteiger partial charge in [0, 0.05) is 11.3 Å². The zero-order valence-electron chi connectivity index (χ0n) is 18.0. The second-order valence-electron chi connectivity index (χ2n) is 10.3. The third kappa shape index (κ3) is 2.90. The molecule has 3 nitrogen and oxygen atoms in total. The van der Waals surface area contributed by atoms with Crippen molar-refractivity contribution in [2.45, 2.75) is 85.0 Å². The first kappa shape index (κ1) is 19.8. The molecule has 0 bridgehead atoms. The zero-order chi connectivity index (χ0) is 20.4. The summed E-state index contributed by atoms with van der Waals surface area (Å²) in [6, 6.07) is 0. The standard InChI is InChI=1S/C25H34O3/c1-14-10-21(28-20-11-15(2)18(26)12-17(14)20)23-16(3)19(27)13-22-24(4,5)8-7-9-25(22,23)6/h11,13,17-18,20-21,26H,1,7-10,12H2,2-6H3/t17-,18+,20-,21-,25+/m1/s1. The normalized spacial score (nSPS) is 40.5. The first-order valence-corrected chi connectivity index (χ1v) is 10.7. The molecule has 5 atom stereocenters. The maximum absolute atomic E-state index is 12.9. The third-order valence-electron chi connectivity index (χ3n) is 7.89. The number of ketones is 1. The van der Waals surface area contributed by atoms with E-state index in [0.717, 1.165) is 42.4 Å². The van der Waals surface area contributed by atoms with Crippen molar-refractivity contribution in [2.75, 3.05) is 0 Å². The molecule has 1 saturated carbocycles. The lowest BCUT2D eigenvalue weighted by Gasteiger charge is -2.52. The summed E-state index contributed by atoms with van der Waals surface area (Å²) in [5.74, 6) is 0.306. The molecular formula is C25H34O3. The summed E-state index contributed by atoms with van der Waals surface area (Å²) in [4.78, 5) is 12.9. The van der Waals surface area contributed by atoms with Gasteiger partial charge in [0.1, 0.15) is 0 Å². The van der Waals surface area contributed by atoms with Crippen molar-refractivity contribution in [1.82, 2.24) is 0 Å². The van der Waals surface area contributed by atoms with Gasteiger partial charge in [0.25, 0.3) is 0 Å². The van der Waals surface area contributed by atoms with E-state index in [1.165, 1.54) is 11.1 Å². The van der Waals surface area contributed by atoms with Crippen LogP contribution in [0.5, 0.6) is 0 Å². The average molecular weight is 383 g/mol. The predicted octanol–water partition coefficient (Wildman–Crippen LogP) is 5.07. The van der Waals surface area contributed by atoms with E-state index in [2.05, 4.69) is 33.4 Å². The molecule has 0 unspecified atom stereocenters. The van der Waals surface area contributed by atoms with Crippen LogP contribution in [-0.2, 0) is 9.53 Å². The van der Waals surface area contributed by atoms with Gasteiger partial charge in [-0.3, -0.25) is 4.79 Å². The number of fused-ring (bicyclic) bond motifs is 2. The summed E-state index contributed by atoms with van der Waals surface area (Å²) < 4.78 is 6.63. The molecule has 3 aliphatic carbocycles. The Labute approximate surface area is 169 Å². The highest BCUT2D eigenvalue weighted by Crippen LogP contribution is 2.58. The topological polar surface area (TPSA) is 46.5 Å². The Balaban J connectivity index is 1.75. The number of rotatable bonds is 1. The van der Waals surface area contributed by atoms with Crippen molar-refractivity contribution in [3.63, 3.8) is 0 Å². The highest BCUT2D eigenvalue weighted by molar-refractivity contribution is 6.06. The molecule has 1 aliphatic heterocycles. The van der Waals surface area contributed by atoms with Gasteiger partial charge in [0.2, 0.25) is 0 Å². The fourth-order valence-corrected chi connectivity index (χ4v) is 6.29. The van der Waals surface area contributed by atoms with Gasteiger partial charge in [-0.2, -0.15) is 0 Å². The smallest absolute Gasteiger partial charge is 0.181 e. The minimum Gasteiger partial charge on any atom is -0.389 e. The van der Waals surface area contributed by atoms with E-state index >= 15 is 0 Å². The SMILES string of the molecule is C=C1C[C@H](C2=C(C)C(=O)C=C3C(C)(C)CCC[C@@]32C)O[C@@H]2C=C(C)[C@@H](O)C[C@H]12. The van der Waals surface area contributed by atoms with Gasteiger partial charge < -0.3 is 9.84 Å². The summed E-state index contributed by atoms with van der Waals surface area (Å²) in [6.07, 6.45) is 8.19. The largest absolute Gasteiger partial charge is 0.389 e. The summed E-state index contributed by atoms with van der Waals surface area (Å²) in [5.41, 5.74) is 5.35. The molecule has 0 aromatic carbocycles. The predicted molar refractivity (Wildman–Crippen MR) is 112 cm³/mol. The molecule has 28 heavy (non-hydrogen) atoms. The van der Waals surface area contributed by atoms with Crippen molar-refractivity contribution in [1.29, 1.82) is 0 Å². The highest BCUT2D eigenvalue weighted by atomic mass is 16.5. The van der Waals surface area contributed by atoms with Gasteiger partial charge in [-0.25, -0.2) is 0 Å². The Hall–Kier alpha value is -1.45. The van der Waals surface area contributed by atoms with Crippen LogP contribution in [0.1, 0.15) is 66.7 Å². The minimum atomic E-state index is -0.401. The molecule has 0 spiro atoms. The fraction of sp³-hybridized carbons (Fsp3) is 0.640. The van der Waals surface area contributed by atoms with Gasteiger partial charge >= 0.3 is 0 Å². The lowest BCUT2D eigenvalue weighted by Crippen LogP contribution is -2.47. The second-order valence-corrected chi connectivity index (χ2v) is 10.3. The molecule has 1 N–H and O–H groups in total. The van der Waals surface area contributed by atoms with E-state index in [1.54, 1.807) is 0 Å². The molecule has 0 aromatic rings. The van der Waals surface area contributed by atoms with Crippen molar-refractivity contribution in [3.8, 4) is 0 Å². The second kappa shape index (κ2) is 6.53. The summed E-state index contributed by atoms with van der Waals surface area (Å²) in [5, 5.41) is 10.3. The van der Waals surface area contributed by atoms with Crippen molar-refractivity contribution < 1.29 is 14.6 Å². The number of carbonyl (C=O) groups excluding carboxylic acids is 1. The maximum Gasteiger partial charge on any atom is 0.181 e. The van der Waals surface area contributed by atoms with E-state index < -0.39 is 6.10 Å². The van der Waals surface area contributed by atoms with Gasteiger partial charge in [-0.05, 0) is 67.7 Å². The Bertz CT molecular complexity index is 825. The average Bonchev–Trinajstić information content (AvgIpc) is 2.59. The third-order valence-corrected chi connectivity index (χ3v) is 7.89. The van der Waals surface area contributed by atoms with Crippen LogP contribution >= 0.6 is 0 Å². The van der Waals surface area contributed by atoms with Gasteiger partial charge in [-0.1, -0.05) is 51.0 Å². The zero-order valence-corrected chi connectivity index (χ0v) is 18.0. The summed E-state index contributed by atoms with van der Waals surface area (Å²) in [6.45, 7) is 15.2. The van der Waals surface area contributed by atoms with Crippen LogP contribution in [0.4, 0.5) is 0 Å². The summed E-state index contributed by atoms with van der Waals surface area (Å²) >= 11 is 0. The molecule has 4 aliphatic rings. The molecule has 1 heterocycles. The number of aliphatic hydroxyl groups excluding tert-OH is 1. The van der Waals surface area contributed by atoms with Crippen molar-refractivity contribution >= 4 is 5.78 Å². The quantitative estimate of drug-likeness (QED) is 0.644.